The number of thiazole rings is 1. The molecule has 0 amide bonds. The number of nitrogens with zero attached hydrogens (tertiary/aromatic N) is 1. The van der Waals surface area contributed by atoms with Gasteiger partial charge >= 0.3 is 5.97 Å². The molecule has 2 aromatic carbocycles. The first-order valence-electron chi connectivity index (χ1n) is 6.80. The van der Waals surface area contributed by atoms with E-state index in [9.17, 15) is 9.90 Å². The molecule has 1 aromatic heterocycles. The first-order valence-corrected chi connectivity index (χ1v) is 7.61. The summed E-state index contributed by atoms with van der Waals surface area (Å²) in [6, 6.07) is 14.0. The van der Waals surface area contributed by atoms with Crippen molar-refractivity contribution in [2.24, 2.45) is 0 Å². The van der Waals surface area contributed by atoms with Gasteiger partial charge in [0.25, 0.3) is 0 Å². The number of rotatable bonds is 3. The lowest BCUT2D eigenvalue weighted by molar-refractivity contribution is 0.0692. The smallest absolute Gasteiger partial charge is 0.356 e. The van der Waals surface area contributed by atoms with Crippen molar-refractivity contribution in [1.29, 1.82) is 0 Å². The number of benzene rings is 2. The van der Waals surface area contributed by atoms with Crippen LogP contribution in [0.5, 0.6) is 0 Å². The van der Waals surface area contributed by atoms with Gasteiger partial charge in [0, 0.05) is 11.5 Å². The summed E-state index contributed by atoms with van der Waals surface area (Å²) in [4.78, 5) is 16.6. The number of aromatic nitrogens is 1. The Morgan fingerprint density at radius 3 is 2.57 bits per heavy atom. The van der Waals surface area contributed by atoms with Crippen molar-refractivity contribution in [1.82, 2.24) is 4.98 Å². The van der Waals surface area contributed by atoms with E-state index in [-0.39, 0.29) is 11.6 Å². The quantitative estimate of drug-likeness (QED) is 0.756. The average molecular weight is 297 g/mol. The van der Waals surface area contributed by atoms with Crippen LogP contribution in [-0.2, 0) is 0 Å². The van der Waals surface area contributed by atoms with Crippen molar-refractivity contribution < 1.29 is 9.90 Å². The second-order valence-corrected chi connectivity index (χ2v) is 6.25. The summed E-state index contributed by atoms with van der Waals surface area (Å²) in [6.07, 6.45) is 0. The van der Waals surface area contributed by atoms with Crippen LogP contribution in [0.25, 0.3) is 21.2 Å². The minimum Gasteiger partial charge on any atom is -0.476 e. The van der Waals surface area contributed by atoms with Crippen LogP contribution < -0.4 is 0 Å². The van der Waals surface area contributed by atoms with Gasteiger partial charge in [-0.15, -0.1) is 11.3 Å². The highest BCUT2D eigenvalue weighted by atomic mass is 32.1. The molecule has 3 nitrogen and oxygen atoms in total. The summed E-state index contributed by atoms with van der Waals surface area (Å²) in [5.74, 6) is -0.752. The SMILES string of the molecule is CC(C)c1nc(C(=O)O)c(-c2cccc3ccccc23)s1. The molecular weight excluding hydrogens is 282 g/mol. The largest absolute Gasteiger partial charge is 0.476 e. The number of carboxylic acid groups (broad SMARTS) is 1. The number of carbonyl (C=O) groups is 1. The zero-order valence-corrected chi connectivity index (χ0v) is 12.6. The Kier molecular flexibility index (Phi) is 3.47. The molecule has 106 valence electrons. The van der Waals surface area contributed by atoms with Gasteiger partial charge in [0.15, 0.2) is 5.69 Å². The van der Waals surface area contributed by atoms with E-state index in [0.717, 1.165) is 26.2 Å². The van der Waals surface area contributed by atoms with Crippen molar-refractivity contribution >= 4 is 28.1 Å². The Balaban J connectivity index is 2.29. The predicted octanol–water partition coefficient (Wildman–Crippen LogP) is 4.78. The average Bonchev–Trinajstić information content (AvgIpc) is 2.92. The van der Waals surface area contributed by atoms with Crippen molar-refractivity contribution in [3.05, 3.63) is 53.2 Å². The van der Waals surface area contributed by atoms with E-state index in [1.54, 1.807) is 0 Å². The standard InChI is InChI=1S/C17H15NO2S/c1-10(2)16-18-14(17(19)20)15(21-16)13-9-5-7-11-6-3-4-8-12(11)13/h3-10H,1-2H3,(H,19,20). The van der Waals surface area contributed by atoms with Crippen LogP contribution in [-0.4, -0.2) is 16.1 Å². The fraction of sp³-hybridized carbons (Fsp3) is 0.176. The summed E-state index contributed by atoms with van der Waals surface area (Å²) >= 11 is 1.47. The minimum absolute atomic E-state index is 0.153. The van der Waals surface area contributed by atoms with Gasteiger partial charge in [-0.2, -0.15) is 0 Å². The van der Waals surface area contributed by atoms with Gasteiger partial charge in [-0.25, -0.2) is 9.78 Å². The fourth-order valence-corrected chi connectivity index (χ4v) is 3.43. The summed E-state index contributed by atoms with van der Waals surface area (Å²) in [5.41, 5.74) is 1.09. The third kappa shape index (κ3) is 2.43. The van der Waals surface area contributed by atoms with Crippen molar-refractivity contribution in [2.45, 2.75) is 19.8 Å². The van der Waals surface area contributed by atoms with Crippen LogP contribution >= 0.6 is 11.3 Å². The highest BCUT2D eigenvalue weighted by Crippen LogP contribution is 2.37. The molecule has 0 bridgehead atoms. The number of aromatic carboxylic acids is 1. The fourth-order valence-electron chi connectivity index (χ4n) is 2.33. The molecule has 0 saturated heterocycles. The van der Waals surface area contributed by atoms with E-state index < -0.39 is 5.97 Å². The summed E-state index contributed by atoms with van der Waals surface area (Å²) in [6.45, 7) is 4.05. The molecule has 21 heavy (non-hydrogen) atoms. The maximum absolute atomic E-state index is 11.5. The van der Waals surface area contributed by atoms with E-state index in [1.165, 1.54) is 11.3 Å². The first kappa shape index (κ1) is 13.8. The molecular formula is C17H15NO2S. The Morgan fingerprint density at radius 1 is 1.14 bits per heavy atom. The molecule has 0 radical (unpaired) electrons. The molecule has 0 spiro atoms. The number of carboxylic acids is 1. The lowest BCUT2D eigenvalue weighted by Gasteiger charge is -2.05. The lowest BCUT2D eigenvalue weighted by Crippen LogP contribution is -1.99. The van der Waals surface area contributed by atoms with E-state index in [1.807, 2.05) is 56.3 Å². The van der Waals surface area contributed by atoms with Gasteiger partial charge in [0.2, 0.25) is 0 Å². The predicted molar refractivity (Wildman–Crippen MR) is 86.1 cm³/mol. The van der Waals surface area contributed by atoms with Gasteiger partial charge in [0.1, 0.15) is 0 Å². The van der Waals surface area contributed by atoms with E-state index >= 15 is 0 Å². The number of hydrogen-bond acceptors (Lipinski definition) is 3. The van der Waals surface area contributed by atoms with Crippen molar-refractivity contribution in [3.63, 3.8) is 0 Å². The molecule has 0 unspecified atom stereocenters. The molecule has 1 heterocycles. The van der Waals surface area contributed by atoms with Crippen LogP contribution in [0.15, 0.2) is 42.5 Å². The topological polar surface area (TPSA) is 50.2 Å². The van der Waals surface area contributed by atoms with Gasteiger partial charge < -0.3 is 5.11 Å². The zero-order valence-electron chi connectivity index (χ0n) is 11.8. The van der Waals surface area contributed by atoms with Gasteiger partial charge in [0.05, 0.1) is 9.88 Å². The van der Waals surface area contributed by atoms with Crippen molar-refractivity contribution in [3.8, 4) is 10.4 Å². The number of fused-ring (bicyclic) bond motifs is 1. The van der Waals surface area contributed by atoms with E-state index in [2.05, 4.69) is 4.98 Å². The Bertz CT molecular complexity index is 815. The minimum atomic E-state index is -0.971. The molecule has 3 rings (SSSR count). The summed E-state index contributed by atoms with van der Waals surface area (Å²) in [7, 11) is 0. The van der Waals surface area contributed by atoms with Gasteiger partial charge in [-0.05, 0) is 10.8 Å². The lowest BCUT2D eigenvalue weighted by atomic mass is 10.0. The molecule has 0 aliphatic carbocycles. The molecule has 0 atom stereocenters. The second-order valence-electron chi connectivity index (χ2n) is 5.22. The normalized spacial score (nSPS) is 11.2. The van der Waals surface area contributed by atoms with Gasteiger partial charge in [-0.1, -0.05) is 56.3 Å². The molecule has 0 fully saturated rings. The summed E-state index contributed by atoms with van der Waals surface area (Å²) < 4.78 is 0. The van der Waals surface area contributed by atoms with Crippen LogP contribution in [0.1, 0.15) is 35.3 Å². The highest BCUT2D eigenvalue weighted by molar-refractivity contribution is 7.15. The zero-order chi connectivity index (χ0) is 15.0. The molecule has 3 aromatic rings. The third-order valence-electron chi connectivity index (χ3n) is 3.37. The third-order valence-corrected chi connectivity index (χ3v) is 4.76. The Labute approximate surface area is 126 Å². The summed E-state index contributed by atoms with van der Waals surface area (Å²) in [5, 5.41) is 12.5. The van der Waals surface area contributed by atoms with Crippen LogP contribution in [0.3, 0.4) is 0 Å². The molecule has 0 aliphatic heterocycles. The maximum Gasteiger partial charge on any atom is 0.356 e. The maximum atomic E-state index is 11.5. The second kappa shape index (κ2) is 5.30. The molecule has 0 aliphatic rings. The number of hydrogen-bond donors (Lipinski definition) is 1. The highest BCUT2D eigenvalue weighted by Gasteiger charge is 2.21. The van der Waals surface area contributed by atoms with Crippen LogP contribution in [0.2, 0.25) is 0 Å². The monoisotopic (exact) mass is 297 g/mol. The van der Waals surface area contributed by atoms with Crippen LogP contribution in [0.4, 0.5) is 0 Å². The van der Waals surface area contributed by atoms with E-state index in [4.69, 9.17) is 0 Å². The van der Waals surface area contributed by atoms with Crippen LogP contribution in [0, 0.1) is 0 Å². The Hall–Kier alpha value is -2.20. The molecule has 4 heteroatoms. The van der Waals surface area contributed by atoms with Gasteiger partial charge in [-0.3, -0.25) is 0 Å². The van der Waals surface area contributed by atoms with E-state index in [0.29, 0.717) is 0 Å². The molecule has 1 N–H and O–H groups in total. The Morgan fingerprint density at radius 2 is 1.86 bits per heavy atom. The van der Waals surface area contributed by atoms with Crippen molar-refractivity contribution in [2.75, 3.05) is 0 Å². The first-order chi connectivity index (χ1) is 10.1. The molecule has 0 saturated carbocycles.